The average molecular weight is 310 g/mol. The molecule has 1 unspecified atom stereocenters. The molecule has 1 aliphatic heterocycles. The largest absolute Gasteiger partial charge is 0.493 e. The zero-order valence-electron chi connectivity index (χ0n) is 12.4. The minimum atomic E-state index is -0.911. The van der Waals surface area contributed by atoms with Gasteiger partial charge in [0.05, 0.1) is 26.7 Å². The number of methoxy groups -OCH3 is 1. The zero-order chi connectivity index (χ0) is 15.7. The van der Waals surface area contributed by atoms with Crippen LogP contribution < -0.4 is 14.2 Å². The number of halogens is 1. The minimum Gasteiger partial charge on any atom is -0.493 e. The van der Waals surface area contributed by atoms with Gasteiger partial charge in [0.25, 0.3) is 0 Å². The van der Waals surface area contributed by atoms with Crippen molar-refractivity contribution in [3.8, 4) is 17.2 Å². The number of carboxylic acid groups (broad SMARTS) is 1. The SMILES string of the molecule is COc1c(F)cc2c(c1C(CC(=O)O)C1CC1)OCCCO2. The zero-order valence-corrected chi connectivity index (χ0v) is 12.4. The number of benzene rings is 1. The summed E-state index contributed by atoms with van der Waals surface area (Å²) in [6, 6.07) is 1.26. The topological polar surface area (TPSA) is 65.0 Å². The molecule has 1 aromatic rings. The van der Waals surface area contributed by atoms with Crippen LogP contribution in [0.5, 0.6) is 17.2 Å². The van der Waals surface area contributed by atoms with Crippen LogP contribution in [-0.4, -0.2) is 31.4 Å². The fraction of sp³-hybridized carbons (Fsp3) is 0.562. The molecule has 0 spiro atoms. The van der Waals surface area contributed by atoms with E-state index >= 15 is 0 Å². The van der Waals surface area contributed by atoms with Crippen LogP contribution in [0.3, 0.4) is 0 Å². The second-order valence-electron chi connectivity index (χ2n) is 5.72. The molecule has 0 aromatic heterocycles. The normalized spacial score (nSPS) is 18.5. The lowest BCUT2D eigenvalue weighted by Crippen LogP contribution is -2.13. The van der Waals surface area contributed by atoms with Gasteiger partial charge in [-0.05, 0) is 18.8 Å². The molecule has 120 valence electrons. The van der Waals surface area contributed by atoms with Crippen LogP contribution in [0.4, 0.5) is 4.39 Å². The van der Waals surface area contributed by atoms with Gasteiger partial charge in [0.1, 0.15) is 0 Å². The summed E-state index contributed by atoms with van der Waals surface area (Å²) in [4.78, 5) is 11.2. The number of fused-ring (bicyclic) bond motifs is 1. The molecule has 1 fully saturated rings. The highest BCUT2D eigenvalue weighted by atomic mass is 19.1. The number of rotatable bonds is 5. The smallest absolute Gasteiger partial charge is 0.303 e. The first-order valence-electron chi connectivity index (χ1n) is 7.49. The van der Waals surface area contributed by atoms with Gasteiger partial charge in [-0.1, -0.05) is 0 Å². The number of ether oxygens (including phenoxy) is 3. The van der Waals surface area contributed by atoms with Crippen molar-refractivity contribution in [1.29, 1.82) is 0 Å². The summed E-state index contributed by atoms with van der Waals surface area (Å²) in [5.41, 5.74) is 0.504. The van der Waals surface area contributed by atoms with Crippen molar-refractivity contribution >= 4 is 5.97 Å². The molecule has 1 saturated carbocycles. The summed E-state index contributed by atoms with van der Waals surface area (Å²) in [5.74, 6) is -0.705. The van der Waals surface area contributed by atoms with E-state index in [2.05, 4.69) is 0 Å². The maximum Gasteiger partial charge on any atom is 0.303 e. The molecule has 1 aromatic carbocycles. The van der Waals surface area contributed by atoms with E-state index in [9.17, 15) is 14.3 Å². The highest BCUT2D eigenvalue weighted by Gasteiger charge is 2.39. The lowest BCUT2D eigenvalue weighted by atomic mass is 9.89. The van der Waals surface area contributed by atoms with E-state index in [0.29, 0.717) is 36.7 Å². The Labute approximate surface area is 128 Å². The van der Waals surface area contributed by atoms with E-state index in [1.807, 2.05) is 0 Å². The Morgan fingerprint density at radius 1 is 1.45 bits per heavy atom. The van der Waals surface area contributed by atoms with Gasteiger partial charge in [-0.25, -0.2) is 4.39 Å². The van der Waals surface area contributed by atoms with Gasteiger partial charge >= 0.3 is 5.97 Å². The summed E-state index contributed by atoms with van der Waals surface area (Å²) in [5, 5.41) is 9.21. The third-order valence-corrected chi connectivity index (χ3v) is 4.14. The molecule has 0 radical (unpaired) electrons. The van der Waals surface area contributed by atoms with Crippen LogP contribution in [0, 0.1) is 11.7 Å². The Morgan fingerprint density at radius 3 is 2.82 bits per heavy atom. The van der Waals surface area contributed by atoms with Crippen LogP contribution in [0.25, 0.3) is 0 Å². The second kappa shape index (κ2) is 6.02. The number of hydrogen-bond donors (Lipinski definition) is 1. The van der Waals surface area contributed by atoms with E-state index < -0.39 is 11.8 Å². The summed E-state index contributed by atoms with van der Waals surface area (Å²) >= 11 is 0. The van der Waals surface area contributed by atoms with Gasteiger partial charge in [0.15, 0.2) is 23.1 Å². The minimum absolute atomic E-state index is 0.0692. The van der Waals surface area contributed by atoms with Crippen LogP contribution in [-0.2, 0) is 4.79 Å². The molecular formula is C16H19FO5. The van der Waals surface area contributed by atoms with Crippen molar-refractivity contribution in [2.75, 3.05) is 20.3 Å². The lowest BCUT2D eigenvalue weighted by Gasteiger charge is -2.23. The Morgan fingerprint density at radius 2 is 2.18 bits per heavy atom. The third kappa shape index (κ3) is 2.82. The molecule has 0 saturated heterocycles. The Kier molecular flexibility index (Phi) is 4.09. The van der Waals surface area contributed by atoms with Crippen molar-refractivity contribution in [2.45, 2.75) is 31.6 Å². The van der Waals surface area contributed by atoms with Gasteiger partial charge in [-0.15, -0.1) is 0 Å². The van der Waals surface area contributed by atoms with E-state index in [-0.39, 0.29) is 24.0 Å². The van der Waals surface area contributed by atoms with Gasteiger partial charge in [-0.3, -0.25) is 4.79 Å². The Bertz CT molecular complexity index is 582. The van der Waals surface area contributed by atoms with Crippen molar-refractivity contribution < 1.29 is 28.5 Å². The number of hydrogen-bond acceptors (Lipinski definition) is 4. The van der Waals surface area contributed by atoms with Crippen molar-refractivity contribution in [2.24, 2.45) is 5.92 Å². The number of carboxylic acids is 1. The van der Waals surface area contributed by atoms with Gasteiger partial charge in [0.2, 0.25) is 0 Å². The van der Waals surface area contributed by atoms with Gasteiger partial charge < -0.3 is 19.3 Å². The first kappa shape index (κ1) is 14.9. The van der Waals surface area contributed by atoms with Crippen LogP contribution in [0.2, 0.25) is 0 Å². The fourth-order valence-corrected chi connectivity index (χ4v) is 3.02. The molecular weight excluding hydrogens is 291 g/mol. The first-order chi connectivity index (χ1) is 10.6. The van der Waals surface area contributed by atoms with E-state index in [4.69, 9.17) is 14.2 Å². The standard InChI is InChI=1S/C16H19FO5/c1-20-15-11(17)8-12-16(22-6-2-5-21-12)14(15)10(7-13(18)19)9-3-4-9/h8-10H,2-7H2,1H3,(H,18,19). The number of aliphatic carboxylic acids is 1. The second-order valence-corrected chi connectivity index (χ2v) is 5.72. The maximum absolute atomic E-state index is 14.3. The predicted molar refractivity (Wildman–Crippen MR) is 76.3 cm³/mol. The molecule has 6 heteroatoms. The van der Waals surface area contributed by atoms with Crippen molar-refractivity contribution in [3.63, 3.8) is 0 Å². The molecule has 0 amide bonds. The lowest BCUT2D eigenvalue weighted by molar-refractivity contribution is -0.137. The molecule has 1 aliphatic carbocycles. The molecule has 0 bridgehead atoms. The van der Waals surface area contributed by atoms with Crippen molar-refractivity contribution in [1.82, 2.24) is 0 Å². The van der Waals surface area contributed by atoms with E-state index in [0.717, 1.165) is 12.8 Å². The highest BCUT2D eigenvalue weighted by Crippen LogP contribution is 2.53. The fourth-order valence-electron chi connectivity index (χ4n) is 3.02. The first-order valence-corrected chi connectivity index (χ1v) is 7.49. The van der Waals surface area contributed by atoms with E-state index in [1.54, 1.807) is 0 Å². The molecule has 5 nitrogen and oxygen atoms in total. The van der Waals surface area contributed by atoms with Crippen LogP contribution >= 0.6 is 0 Å². The summed E-state index contributed by atoms with van der Waals surface area (Å²) in [7, 11) is 1.39. The maximum atomic E-state index is 14.3. The molecule has 1 heterocycles. The predicted octanol–water partition coefficient (Wildman–Crippen LogP) is 2.96. The van der Waals surface area contributed by atoms with Crippen LogP contribution in [0.1, 0.15) is 37.2 Å². The third-order valence-electron chi connectivity index (χ3n) is 4.14. The highest BCUT2D eigenvalue weighted by molar-refractivity contribution is 5.70. The molecule has 2 aliphatic rings. The van der Waals surface area contributed by atoms with Crippen molar-refractivity contribution in [3.05, 3.63) is 17.4 Å². The molecule has 1 atom stereocenters. The van der Waals surface area contributed by atoms with Crippen LogP contribution in [0.15, 0.2) is 6.07 Å². The molecule has 22 heavy (non-hydrogen) atoms. The quantitative estimate of drug-likeness (QED) is 0.906. The average Bonchev–Trinajstić information content (AvgIpc) is 3.30. The monoisotopic (exact) mass is 310 g/mol. The Hall–Kier alpha value is -1.98. The number of carbonyl (C=O) groups is 1. The summed E-state index contributed by atoms with van der Waals surface area (Å²) in [6.45, 7) is 0.907. The summed E-state index contributed by atoms with van der Waals surface area (Å²) in [6.07, 6.45) is 2.51. The summed E-state index contributed by atoms with van der Waals surface area (Å²) < 4.78 is 30.9. The van der Waals surface area contributed by atoms with E-state index in [1.165, 1.54) is 13.2 Å². The van der Waals surface area contributed by atoms with Gasteiger partial charge in [0, 0.05) is 24.0 Å². The van der Waals surface area contributed by atoms with Gasteiger partial charge in [-0.2, -0.15) is 0 Å². The molecule has 3 rings (SSSR count). The Balaban J connectivity index is 2.13. The molecule has 1 N–H and O–H groups in total.